The molecular formula is C24H22N2. The number of rotatable bonds is 4. The van der Waals surface area contributed by atoms with Crippen molar-refractivity contribution in [1.82, 2.24) is 9.97 Å². The highest BCUT2D eigenvalue weighted by Gasteiger charge is 2.13. The molecule has 0 aliphatic carbocycles. The molecule has 0 atom stereocenters. The Bertz CT molecular complexity index is 1040. The van der Waals surface area contributed by atoms with Crippen LogP contribution in [0.4, 0.5) is 0 Å². The van der Waals surface area contributed by atoms with Crippen molar-refractivity contribution >= 4 is 10.9 Å². The molecule has 4 rings (SSSR count). The van der Waals surface area contributed by atoms with Crippen LogP contribution in [-0.2, 0) is 12.8 Å². The van der Waals surface area contributed by atoms with Crippen LogP contribution in [0.1, 0.15) is 33.8 Å². The largest absolute Gasteiger partial charge is 0.237 e. The van der Waals surface area contributed by atoms with E-state index in [1.165, 1.54) is 27.6 Å². The molecule has 0 fully saturated rings. The van der Waals surface area contributed by atoms with E-state index in [1.54, 1.807) is 0 Å². The van der Waals surface area contributed by atoms with Crippen LogP contribution < -0.4 is 0 Å². The first-order valence-corrected chi connectivity index (χ1v) is 9.04. The van der Waals surface area contributed by atoms with E-state index in [0.29, 0.717) is 0 Å². The van der Waals surface area contributed by atoms with E-state index in [2.05, 4.69) is 80.6 Å². The quantitative estimate of drug-likeness (QED) is 0.496. The Hall–Kier alpha value is -3.00. The van der Waals surface area contributed by atoms with Crippen LogP contribution in [0, 0.1) is 13.8 Å². The number of aryl methyl sites for hydroxylation is 2. The molecule has 0 radical (unpaired) electrons. The first kappa shape index (κ1) is 16.5. The summed E-state index contributed by atoms with van der Waals surface area (Å²) in [6, 6.07) is 25.3. The van der Waals surface area contributed by atoms with E-state index in [0.717, 1.165) is 29.9 Å². The summed E-state index contributed by atoms with van der Waals surface area (Å²) in [5.41, 5.74) is 7.16. The topological polar surface area (TPSA) is 25.8 Å². The Morgan fingerprint density at radius 1 is 0.615 bits per heavy atom. The van der Waals surface area contributed by atoms with E-state index >= 15 is 0 Å². The van der Waals surface area contributed by atoms with Crippen LogP contribution in [0.15, 0.2) is 72.8 Å². The summed E-state index contributed by atoms with van der Waals surface area (Å²) in [5.74, 6) is 0.892. The van der Waals surface area contributed by atoms with Crippen molar-refractivity contribution in [3.63, 3.8) is 0 Å². The molecule has 0 N–H and O–H groups in total. The number of benzene rings is 3. The SMILES string of the molecule is Cc1ccc(C)c2c(Cc3ccccc3)nc(Cc3ccccc3)nc12. The van der Waals surface area contributed by atoms with Gasteiger partial charge in [-0.15, -0.1) is 0 Å². The fourth-order valence-corrected chi connectivity index (χ4v) is 3.44. The lowest BCUT2D eigenvalue weighted by molar-refractivity contribution is 0.941. The highest BCUT2D eigenvalue weighted by Crippen LogP contribution is 2.26. The maximum Gasteiger partial charge on any atom is 0.133 e. The maximum atomic E-state index is 4.98. The van der Waals surface area contributed by atoms with Crippen molar-refractivity contribution in [2.24, 2.45) is 0 Å². The molecule has 0 saturated carbocycles. The summed E-state index contributed by atoms with van der Waals surface area (Å²) in [5, 5.41) is 1.20. The minimum atomic E-state index is 0.756. The van der Waals surface area contributed by atoms with Gasteiger partial charge in [-0.1, -0.05) is 72.8 Å². The van der Waals surface area contributed by atoms with Gasteiger partial charge in [-0.05, 0) is 36.1 Å². The van der Waals surface area contributed by atoms with E-state index in [9.17, 15) is 0 Å². The minimum absolute atomic E-state index is 0.756. The van der Waals surface area contributed by atoms with Gasteiger partial charge < -0.3 is 0 Å². The van der Waals surface area contributed by atoms with Crippen LogP contribution in [0.5, 0.6) is 0 Å². The highest BCUT2D eigenvalue weighted by atomic mass is 14.9. The van der Waals surface area contributed by atoms with Gasteiger partial charge >= 0.3 is 0 Å². The first-order chi connectivity index (χ1) is 12.7. The van der Waals surface area contributed by atoms with Gasteiger partial charge in [-0.3, -0.25) is 0 Å². The van der Waals surface area contributed by atoms with E-state index in [4.69, 9.17) is 9.97 Å². The Morgan fingerprint density at radius 3 is 1.85 bits per heavy atom. The summed E-state index contributed by atoms with van der Waals surface area (Å²) in [7, 11) is 0. The van der Waals surface area contributed by atoms with Crippen LogP contribution in [0.3, 0.4) is 0 Å². The predicted octanol–water partition coefficient (Wildman–Crippen LogP) is 5.43. The zero-order valence-electron chi connectivity index (χ0n) is 15.2. The van der Waals surface area contributed by atoms with Gasteiger partial charge in [0.15, 0.2) is 0 Å². The molecule has 0 spiro atoms. The minimum Gasteiger partial charge on any atom is -0.237 e. The molecule has 4 aromatic rings. The smallest absolute Gasteiger partial charge is 0.133 e. The second-order valence-electron chi connectivity index (χ2n) is 6.83. The lowest BCUT2D eigenvalue weighted by atomic mass is 9.99. The Kier molecular flexibility index (Phi) is 4.49. The predicted molar refractivity (Wildman–Crippen MR) is 108 cm³/mol. The molecule has 0 bridgehead atoms. The number of hydrogen-bond acceptors (Lipinski definition) is 2. The number of fused-ring (bicyclic) bond motifs is 1. The van der Waals surface area contributed by atoms with Gasteiger partial charge in [-0.2, -0.15) is 0 Å². The Balaban J connectivity index is 1.85. The summed E-state index contributed by atoms with van der Waals surface area (Å²) < 4.78 is 0. The molecule has 2 nitrogen and oxygen atoms in total. The van der Waals surface area contributed by atoms with Crippen molar-refractivity contribution in [3.05, 3.63) is 107 Å². The molecule has 128 valence electrons. The lowest BCUT2D eigenvalue weighted by Crippen LogP contribution is -2.05. The number of hydrogen-bond donors (Lipinski definition) is 0. The Labute approximate surface area is 154 Å². The zero-order chi connectivity index (χ0) is 17.9. The lowest BCUT2D eigenvalue weighted by Gasteiger charge is -2.13. The fraction of sp³-hybridized carbons (Fsp3) is 0.167. The average Bonchev–Trinajstić information content (AvgIpc) is 2.66. The second-order valence-corrected chi connectivity index (χ2v) is 6.83. The van der Waals surface area contributed by atoms with Crippen molar-refractivity contribution in [2.75, 3.05) is 0 Å². The third kappa shape index (κ3) is 3.36. The third-order valence-corrected chi connectivity index (χ3v) is 4.80. The summed E-state index contributed by atoms with van der Waals surface area (Å²) in [6.45, 7) is 4.28. The normalized spacial score (nSPS) is 11.0. The first-order valence-electron chi connectivity index (χ1n) is 9.04. The van der Waals surface area contributed by atoms with Crippen molar-refractivity contribution in [2.45, 2.75) is 26.7 Å². The molecule has 0 aliphatic rings. The van der Waals surface area contributed by atoms with Crippen LogP contribution in [0.2, 0.25) is 0 Å². The maximum absolute atomic E-state index is 4.98. The highest BCUT2D eigenvalue weighted by molar-refractivity contribution is 5.87. The number of nitrogens with zero attached hydrogens (tertiary/aromatic N) is 2. The van der Waals surface area contributed by atoms with Crippen LogP contribution in [0.25, 0.3) is 10.9 Å². The molecule has 3 aromatic carbocycles. The van der Waals surface area contributed by atoms with Gasteiger partial charge in [0.2, 0.25) is 0 Å². The third-order valence-electron chi connectivity index (χ3n) is 4.80. The summed E-state index contributed by atoms with van der Waals surface area (Å²) >= 11 is 0. The van der Waals surface area contributed by atoms with Crippen molar-refractivity contribution in [3.8, 4) is 0 Å². The monoisotopic (exact) mass is 338 g/mol. The van der Waals surface area contributed by atoms with Gasteiger partial charge in [0.1, 0.15) is 5.82 Å². The van der Waals surface area contributed by atoms with E-state index in [1.807, 2.05) is 6.07 Å². The molecule has 26 heavy (non-hydrogen) atoms. The average molecular weight is 338 g/mol. The number of aromatic nitrogens is 2. The molecular weight excluding hydrogens is 316 g/mol. The fourth-order valence-electron chi connectivity index (χ4n) is 3.44. The van der Waals surface area contributed by atoms with Gasteiger partial charge in [0, 0.05) is 18.2 Å². The van der Waals surface area contributed by atoms with Crippen molar-refractivity contribution < 1.29 is 0 Å². The van der Waals surface area contributed by atoms with Gasteiger partial charge in [0.25, 0.3) is 0 Å². The van der Waals surface area contributed by atoms with Crippen molar-refractivity contribution in [1.29, 1.82) is 0 Å². The Morgan fingerprint density at radius 2 is 1.19 bits per heavy atom. The molecule has 0 unspecified atom stereocenters. The van der Waals surface area contributed by atoms with E-state index in [-0.39, 0.29) is 0 Å². The second kappa shape index (κ2) is 7.09. The van der Waals surface area contributed by atoms with Gasteiger partial charge in [-0.25, -0.2) is 9.97 Å². The standard InChI is InChI=1S/C24H22N2/c1-17-13-14-18(2)24-23(17)21(15-19-9-5-3-6-10-19)25-22(26-24)16-20-11-7-4-8-12-20/h3-14H,15-16H2,1-2H3. The molecule has 1 heterocycles. The summed E-state index contributed by atoms with van der Waals surface area (Å²) in [4.78, 5) is 9.90. The van der Waals surface area contributed by atoms with Gasteiger partial charge in [0.05, 0.1) is 11.2 Å². The van der Waals surface area contributed by atoms with Crippen LogP contribution in [-0.4, -0.2) is 9.97 Å². The zero-order valence-corrected chi connectivity index (χ0v) is 15.2. The van der Waals surface area contributed by atoms with Crippen LogP contribution >= 0.6 is 0 Å². The molecule has 0 saturated heterocycles. The molecule has 0 amide bonds. The van der Waals surface area contributed by atoms with E-state index < -0.39 is 0 Å². The molecule has 0 aliphatic heterocycles. The molecule has 1 aromatic heterocycles. The summed E-state index contributed by atoms with van der Waals surface area (Å²) in [6.07, 6.45) is 1.58. The molecule has 2 heteroatoms.